The van der Waals surface area contributed by atoms with Crippen LogP contribution >= 0.6 is 0 Å². The van der Waals surface area contributed by atoms with Crippen LogP contribution in [0.25, 0.3) is 10.9 Å². The summed E-state index contributed by atoms with van der Waals surface area (Å²) in [5.41, 5.74) is 5.26. The highest BCUT2D eigenvalue weighted by molar-refractivity contribution is 7.90. The van der Waals surface area contributed by atoms with Gasteiger partial charge in [-0.15, -0.1) is 0 Å². The first-order valence-corrected chi connectivity index (χ1v) is 10.9. The first-order valence-electron chi connectivity index (χ1n) is 9.46. The molecule has 1 heterocycles. The molecule has 29 heavy (non-hydrogen) atoms. The lowest BCUT2D eigenvalue weighted by Crippen LogP contribution is -2.11. The average molecular weight is 403 g/mol. The van der Waals surface area contributed by atoms with E-state index in [0.29, 0.717) is 12.1 Å². The maximum atomic E-state index is 13.1. The lowest BCUT2D eigenvalue weighted by molar-refractivity contribution is 0.598. The van der Waals surface area contributed by atoms with Crippen molar-refractivity contribution in [2.75, 3.05) is 0 Å². The van der Waals surface area contributed by atoms with Crippen LogP contribution in [0.3, 0.4) is 0 Å². The molecule has 4 aromatic rings. The largest absolute Gasteiger partial charge is 0.358 e. The quantitative estimate of drug-likeness (QED) is 0.466. The van der Waals surface area contributed by atoms with Crippen LogP contribution in [0.2, 0.25) is 0 Å². The van der Waals surface area contributed by atoms with E-state index in [0.717, 1.165) is 33.3 Å². The SMILES string of the molecule is Cc1ccc(S(=O)(=O)/N=C(\Cc2ccccc2)c2c(C)[nH]c3ccccc23)cc1. The molecule has 0 amide bonds. The number of hydrogen-bond acceptors (Lipinski definition) is 2. The van der Waals surface area contributed by atoms with E-state index in [9.17, 15) is 8.42 Å². The Morgan fingerprint density at radius 2 is 1.52 bits per heavy atom. The van der Waals surface area contributed by atoms with Crippen LogP contribution < -0.4 is 0 Å². The molecular formula is C24H22N2O2S. The Balaban J connectivity index is 1.89. The van der Waals surface area contributed by atoms with Crippen molar-refractivity contribution in [1.29, 1.82) is 0 Å². The molecule has 1 N–H and O–H groups in total. The van der Waals surface area contributed by atoms with Crippen molar-refractivity contribution < 1.29 is 8.42 Å². The van der Waals surface area contributed by atoms with Gasteiger partial charge in [-0.25, -0.2) is 0 Å². The van der Waals surface area contributed by atoms with Crippen LogP contribution in [0.5, 0.6) is 0 Å². The number of nitrogens with one attached hydrogen (secondary N) is 1. The number of aromatic amines is 1. The van der Waals surface area contributed by atoms with Crippen LogP contribution in [0.4, 0.5) is 0 Å². The number of aryl methyl sites for hydroxylation is 2. The number of rotatable bonds is 5. The van der Waals surface area contributed by atoms with E-state index < -0.39 is 10.0 Å². The van der Waals surface area contributed by atoms with E-state index in [2.05, 4.69) is 9.38 Å². The summed E-state index contributed by atoms with van der Waals surface area (Å²) in [5.74, 6) is 0. The molecule has 0 aliphatic carbocycles. The summed E-state index contributed by atoms with van der Waals surface area (Å²) in [4.78, 5) is 3.55. The third-order valence-electron chi connectivity index (χ3n) is 4.95. The van der Waals surface area contributed by atoms with Gasteiger partial charge in [0.2, 0.25) is 0 Å². The number of sulfonamides is 1. The molecule has 5 heteroatoms. The molecule has 3 aromatic carbocycles. The highest BCUT2D eigenvalue weighted by atomic mass is 32.2. The summed E-state index contributed by atoms with van der Waals surface area (Å²) in [7, 11) is -3.83. The van der Waals surface area contributed by atoms with Gasteiger partial charge in [0, 0.05) is 28.6 Å². The summed E-state index contributed by atoms with van der Waals surface area (Å²) in [5, 5.41) is 0.971. The predicted molar refractivity (Wildman–Crippen MR) is 118 cm³/mol. The van der Waals surface area contributed by atoms with E-state index in [1.54, 1.807) is 24.3 Å². The molecule has 0 saturated carbocycles. The van der Waals surface area contributed by atoms with Gasteiger partial charge in [-0.3, -0.25) is 0 Å². The van der Waals surface area contributed by atoms with Crippen molar-refractivity contribution in [2.24, 2.45) is 4.40 Å². The number of benzene rings is 3. The zero-order chi connectivity index (χ0) is 20.4. The molecule has 0 aliphatic heterocycles. The summed E-state index contributed by atoms with van der Waals surface area (Å²) in [6, 6.07) is 24.5. The van der Waals surface area contributed by atoms with E-state index in [1.807, 2.05) is 68.4 Å². The Labute approximate surface area is 171 Å². The Morgan fingerprint density at radius 3 is 2.24 bits per heavy atom. The van der Waals surface area contributed by atoms with Gasteiger partial charge >= 0.3 is 0 Å². The van der Waals surface area contributed by atoms with Gasteiger partial charge in [-0.1, -0.05) is 66.2 Å². The molecule has 0 spiro atoms. The fourth-order valence-electron chi connectivity index (χ4n) is 3.51. The van der Waals surface area contributed by atoms with E-state index in [1.165, 1.54) is 0 Å². The summed E-state index contributed by atoms with van der Waals surface area (Å²) in [6.07, 6.45) is 0.425. The molecule has 0 radical (unpaired) electrons. The minimum atomic E-state index is -3.83. The van der Waals surface area contributed by atoms with Gasteiger partial charge < -0.3 is 4.98 Å². The lowest BCUT2D eigenvalue weighted by Gasteiger charge is -2.09. The molecule has 0 unspecified atom stereocenters. The van der Waals surface area contributed by atoms with Gasteiger partial charge in [0.15, 0.2) is 0 Å². The third kappa shape index (κ3) is 4.00. The zero-order valence-electron chi connectivity index (χ0n) is 16.4. The minimum absolute atomic E-state index is 0.200. The number of para-hydroxylation sites is 1. The Bertz CT molecular complexity index is 1290. The van der Waals surface area contributed by atoms with Crippen molar-refractivity contribution in [1.82, 2.24) is 4.98 Å². The van der Waals surface area contributed by atoms with Crippen LogP contribution in [-0.2, 0) is 16.4 Å². The maximum Gasteiger partial charge on any atom is 0.282 e. The maximum absolute atomic E-state index is 13.1. The number of hydrogen-bond donors (Lipinski definition) is 1. The van der Waals surface area contributed by atoms with Crippen molar-refractivity contribution in [2.45, 2.75) is 25.2 Å². The average Bonchev–Trinajstić information content (AvgIpc) is 3.04. The van der Waals surface area contributed by atoms with Crippen LogP contribution in [0, 0.1) is 13.8 Å². The monoisotopic (exact) mass is 402 g/mol. The molecule has 146 valence electrons. The minimum Gasteiger partial charge on any atom is -0.358 e. The molecule has 0 saturated heterocycles. The summed E-state index contributed by atoms with van der Waals surface area (Å²) >= 11 is 0. The molecule has 1 aromatic heterocycles. The second-order valence-electron chi connectivity index (χ2n) is 7.16. The predicted octanol–water partition coefficient (Wildman–Crippen LogP) is 5.21. The molecule has 4 nitrogen and oxygen atoms in total. The fourth-order valence-corrected chi connectivity index (χ4v) is 4.54. The van der Waals surface area contributed by atoms with Crippen molar-refractivity contribution in [3.05, 3.63) is 101 Å². The van der Waals surface area contributed by atoms with E-state index in [-0.39, 0.29) is 4.90 Å². The molecule has 0 fully saturated rings. The van der Waals surface area contributed by atoms with E-state index >= 15 is 0 Å². The summed E-state index contributed by atoms with van der Waals surface area (Å²) < 4.78 is 30.5. The highest BCUT2D eigenvalue weighted by Gasteiger charge is 2.20. The van der Waals surface area contributed by atoms with Crippen LogP contribution in [0.15, 0.2) is 88.2 Å². The second-order valence-corrected chi connectivity index (χ2v) is 8.76. The van der Waals surface area contributed by atoms with Crippen LogP contribution in [-0.4, -0.2) is 19.1 Å². The number of nitrogens with zero attached hydrogens (tertiary/aromatic N) is 1. The first-order chi connectivity index (χ1) is 13.9. The van der Waals surface area contributed by atoms with Gasteiger partial charge in [-0.2, -0.15) is 12.8 Å². The Morgan fingerprint density at radius 1 is 0.862 bits per heavy atom. The van der Waals surface area contributed by atoms with Gasteiger partial charge in [0.25, 0.3) is 10.0 Å². The van der Waals surface area contributed by atoms with Crippen molar-refractivity contribution in [3.8, 4) is 0 Å². The topological polar surface area (TPSA) is 62.3 Å². The zero-order valence-corrected chi connectivity index (χ0v) is 17.2. The standard InChI is InChI=1S/C24H22N2O2S/c1-17-12-14-20(15-13-17)29(27,28)26-23(16-19-8-4-3-5-9-19)24-18(2)25-22-11-7-6-10-21(22)24/h3-15,25H,16H2,1-2H3/b26-23+. The van der Waals surface area contributed by atoms with Gasteiger partial charge in [-0.05, 0) is 37.6 Å². The van der Waals surface area contributed by atoms with Crippen molar-refractivity contribution >= 4 is 26.6 Å². The smallest absolute Gasteiger partial charge is 0.282 e. The number of fused-ring (bicyclic) bond motifs is 1. The van der Waals surface area contributed by atoms with Crippen molar-refractivity contribution in [3.63, 3.8) is 0 Å². The molecule has 0 aliphatic rings. The fraction of sp³-hybridized carbons (Fsp3) is 0.125. The van der Waals surface area contributed by atoms with Gasteiger partial charge in [0.1, 0.15) is 0 Å². The molecule has 0 bridgehead atoms. The Hall–Kier alpha value is -3.18. The summed E-state index contributed by atoms with van der Waals surface area (Å²) in [6.45, 7) is 3.88. The first kappa shape index (κ1) is 19.2. The normalized spacial score (nSPS) is 12.4. The van der Waals surface area contributed by atoms with Crippen LogP contribution in [0.1, 0.15) is 22.4 Å². The number of aromatic nitrogens is 1. The lowest BCUT2D eigenvalue weighted by atomic mass is 10.00. The Kier molecular flexibility index (Phi) is 5.07. The molecular weight excluding hydrogens is 380 g/mol. The number of H-pyrrole nitrogens is 1. The third-order valence-corrected chi connectivity index (χ3v) is 6.27. The second kappa shape index (κ2) is 7.68. The van der Waals surface area contributed by atoms with E-state index in [4.69, 9.17) is 0 Å². The molecule has 4 rings (SSSR count). The van der Waals surface area contributed by atoms with Gasteiger partial charge in [0.05, 0.1) is 10.6 Å². The highest BCUT2D eigenvalue weighted by Crippen LogP contribution is 2.26. The molecule has 0 atom stereocenters.